The zero-order valence-corrected chi connectivity index (χ0v) is 13.5. The molecular weight excluding hydrogens is 318 g/mol. The molecule has 2 heterocycles. The Balaban J connectivity index is 1.60. The molecule has 1 aromatic heterocycles. The molecule has 0 aliphatic carbocycles. The van der Waals surface area contributed by atoms with Gasteiger partial charge in [0.1, 0.15) is 6.33 Å². The van der Waals surface area contributed by atoms with Crippen molar-refractivity contribution in [1.29, 1.82) is 0 Å². The molecule has 3 rings (SSSR count). The highest BCUT2D eigenvalue weighted by atomic mass is 32.2. The number of carbonyl (C=O) groups excluding carboxylic acids is 1. The van der Waals surface area contributed by atoms with Crippen LogP contribution >= 0.6 is 11.8 Å². The lowest BCUT2D eigenvalue weighted by atomic mass is 10.2. The van der Waals surface area contributed by atoms with Gasteiger partial charge >= 0.3 is 0 Å². The maximum absolute atomic E-state index is 12.4. The third-order valence-corrected chi connectivity index (χ3v) is 4.35. The fraction of sp³-hybridized carbons (Fsp3) is 0.357. The first-order valence-electron chi connectivity index (χ1n) is 7.11. The predicted octanol–water partition coefficient (Wildman–Crippen LogP) is 0.861. The van der Waals surface area contributed by atoms with Crippen LogP contribution in [0.15, 0.2) is 29.7 Å². The van der Waals surface area contributed by atoms with E-state index in [0.717, 1.165) is 17.1 Å². The Morgan fingerprint density at radius 2 is 2.26 bits per heavy atom. The van der Waals surface area contributed by atoms with Gasteiger partial charge in [0.2, 0.25) is 17.9 Å². The summed E-state index contributed by atoms with van der Waals surface area (Å²) in [6.07, 6.45) is 1.40. The average molecular weight is 335 g/mol. The van der Waals surface area contributed by atoms with Crippen LogP contribution in [-0.2, 0) is 11.3 Å². The molecule has 1 aliphatic rings. The SMILES string of the molecule is CCN(Cc1ccc2c(c1)OCO2)C(=O)CSc1nncn1N. The molecule has 0 fully saturated rings. The summed E-state index contributed by atoms with van der Waals surface area (Å²) in [5.74, 6) is 7.36. The summed E-state index contributed by atoms with van der Waals surface area (Å²) < 4.78 is 12.0. The number of rotatable bonds is 6. The normalized spacial score (nSPS) is 12.4. The van der Waals surface area contributed by atoms with Gasteiger partial charge in [-0.15, -0.1) is 10.2 Å². The van der Waals surface area contributed by atoms with Crippen molar-refractivity contribution in [2.24, 2.45) is 0 Å². The van der Waals surface area contributed by atoms with E-state index in [2.05, 4.69) is 10.2 Å². The molecule has 0 saturated carbocycles. The second-order valence-electron chi connectivity index (χ2n) is 4.90. The van der Waals surface area contributed by atoms with Crippen molar-refractivity contribution in [3.05, 3.63) is 30.1 Å². The summed E-state index contributed by atoms with van der Waals surface area (Å²) in [4.78, 5) is 14.1. The third-order valence-electron chi connectivity index (χ3n) is 3.41. The number of benzene rings is 1. The number of fused-ring (bicyclic) bond motifs is 1. The number of aromatic nitrogens is 3. The average Bonchev–Trinajstić information content (AvgIpc) is 3.18. The Hall–Kier alpha value is -2.42. The standard InChI is InChI=1S/C14H17N5O3S/c1-2-18(13(20)7-23-14-17-16-8-19(14)15)6-10-3-4-11-12(5-10)22-9-21-11/h3-5,8H,2,6-7,9,15H2,1H3. The lowest BCUT2D eigenvalue weighted by Crippen LogP contribution is -2.31. The molecule has 1 amide bonds. The summed E-state index contributed by atoms with van der Waals surface area (Å²) in [6, 6.07) is 5.71. The van der Waals surface area contributed by atoms with Crippen LogP contribution in [0, 0.1) is 0 Å². The van der Waals surface area contributed by atoms with E-state index < -0.39 is 0 Å². The quantitative estimate of drug-likeness (QED) is 0.618. The molecule has 0 saturated heterocycles. The number of thioether (sulfide) groups is 1. The van der Waals surface area contributed by atoms with Crippen molar-refractivity contribution >= 4 is 17.7 Å². The van der Waals surface area contributed by atoms with Crippen LogP contribution < -0.4 is 15.3 Å². The number of carbonyl (C=O) groups is 1. The maximum atomic E-state index is 12.4. The second kappa shape index (κ2) is 6.78. The molecular formula is C14H17N5O3S. The molecule has 2 N–H and O–H groups in total. The van der Waals surface area contributed by atoms with Gasteiger partial charge in [0.05, 0.1) is 5.75 Å². The van der Waals surface area contributed by atoms with Crippen molar-refractivity contribution in [3.8, 4) is 11.5 Å². The summed E-state index contributed by atoms with van der Waals surface area (Å²) >= 11 is 1.26. The zero-order chi connectivity index (χ0) is 16.2. The lowest BCUT2D eigenvalue weighted by molar-refractivity contribution is -0.128. The van der Waals surface area contributed by atoms with E-state index >= 15 is 0 Å². The minimum atomic E-state index is 0.0122. The number of ether oxygens (including phenoxy) is 2. The van der Waals surface area contributed by atoms with Gasteiger partial charge in [-0.25, -0.2) is 4.68 Å². The van der Waals surface area contributed by atoms with Crippen LogP contribution in [0.2, 0.25) is 0 Å². The van der Waals surface area contributed by atoms with Crippen LogP contribution in [0.4, 0.5) is 0 Å². The zero-order valence-electron chi connectivity index (χ0n) is 12.6. The van der Waals surface area contributed by atoms with Crippen molar-refractivity contribution in [2.45, 2.75) is 18.6 Å². The molecule has 23 heavy (non-hydrogen) atoms. The molecule has 8 nitrogen and oxygen atoms in total. The largest absolute Gasteiger partial charge is 0.454 e. The summed E-state index contributed by atoms with van der Waals surface area (Å²) in [5, 5.41) is 8.04. The molecule has 0 unspecified atom stereocenters. The molecule has 0 atom stereocenters. The monoisotopic (exact) mass is 335 g/mol. The van der Waals surface area contributed by atoms with Crippen molar-refractivity contribution < 1.29 is 14.3 Å². The number of nitrogen functional groups attached to an aromatic ring is 1. The lowest BCUT2D eigenvalue weighted by Gasteiger charge is -2.20. The van der Waals surface area contributed by atoms with E-state index in [1.807, 2.05) is 25.1 Å². The smallest absolute Gasteiger partial charge is 0.233 e. The highest BCUT2D eigenvalue weighted by Crippen LogP contribution is 2.32. The molecule has 1 aliphatic heterocycles. The van der Waals surface area contributed by atoms with Crippen LogP contribution in [-0.4, -0.2) is 44.8 Å². The summed E-state index contributed by atoms with van der Waals surface area (Å²) in [7, 11) is 0. The fourth-order valence-electron chi connectivity index (χ4n) is 2.19. The molecule has 2 aromatic rings. The minimum Gasteiger partial charge on any atom is -0.454 e. The van der Waals surface area contributed by atoms with E-state index in [4.69, 9.17) is 15.3 Å². The van der Waals surface area contributed by atoms with E-state index in [1.54, 1.807) is 4.90 Å². The van der Waals surface area contributed by atoms with Gasteiger partial charge in [-0.3, -0.25) is 4.79 Å². The molecule has 0 radical (unpaired) electrons. The Morgan fingerprint density at radius 3 is 3.00 bits per heavy atom. The van der Waals surface area contributed by atoms with E-state index in [0.29, 0.717) is 18.2 Å². The fourth-order valence-corrected chi connectivity index (χ4v) is 2.93. The van der Waals surface area contributed by atoms with Gasteiger partial charge in [0.25, 0.3) is 0 Å². The first kappa shape index (κ1) is 15.5. The Kier molecular flexibility index (Phi) is 4.56. The number of nitrogens with two attached hydrogens (primary N) is 1. The number of amides is 1. The van der Waals surface area contributed by atoms with Crippen LogP contribution in [0.3, 0.4) is 0 Å². The van der Waals surface area contributed by atoms with Crippen molar-refractivity contribution in [3.63, 3.8) is 0 Å². The van der Waals surface area contributed by atoms with E-state index in [-0.39, 0.29) is 18.5 Å². The van der Waals surface area contributed by atoms with Crippen molar-refractivity contribution in [2.75, 3.05) is 24.9 Å². The molecule has 122 valence electrons. The highest BCUT2D eigenvalue weighted by Gasteiger charge is 2.17. The van der Waals surface area contributed by atoms with E-state index in [9.17, 15) is 4.79 Å². The van der Waals surface area contributed by atoms with Crippen LogP contribution in [0.25, 0.3) is 0 Å². The number of hydrogen-bond donors (Lipinski definition) is 1. The Labute approximate surface area is 137 Å². The topological polar surface area (TPSA) is 95.5 Å². The molecule has 0 bridgehead atoms. The van der Waals surface area contributed by atoms with Crippen LogP contribution in [0.1, 0.15) is 12.5 Å². The molecule has 9 heteroatoms. The second-order valence-corrected chi connectivity index (χ2v) is 5.85. The first-order valence-corrected chi connectivity index (χ1v) is 8.10. The highest BCUT2D eigenvalue weighted by molar-refractivity contribution is 7.99. The summed E-state index contributed by atoms with van der Waals surface area (Å²) in [5.41, 5.74) is 0.997. The van der Waals surface area contributed by atoms with Crippen LogP contribution in [0.5, 0.6) is 11.5 Å². The maximum Gasteiger partial charge on any atom is 0.233 e. The first-order chi connectivity index (χ1) is 11.2. The van der Waals surface area contributed by atoms with Crippen molar-refractivity contribution in [1.82, 2.24) is 19.8 Å². The van der Waals surface area contributed by atoms with Gasteiger partial charge < -0.3 is 20.2 Å². The van der Waals surface area contributed by atoms with Gasteiger partial charge in [-0.05, 0) is 24.6 Å². The number of nitrogens with zero attached hydrogens (tertiary/aromatic N) is 4. The van der Waals surface area contributed by atoms with Gasteiger partial charge in [0, 0.05) is 13.1 Å². The summed E-state index contributed by atoms with van der Waals surface area (Å²) in [6.45, 7) is 3.32. The Morgan fingerprint density at radius 1 is 1.43 bits per heavy atom. The van der Waals surface area contributed by atoms with Gasteiger partial charge in [-0.1, -0.05) is 17.8 Å². The molecule has 0 spiro atoms. The molecule has 1 aromatic carbocycles. The van der Waals surface area contributed by atoms with E-state index in [1.165, 1.54) is 22.8 Å². The minimum absolute atomic E-state index is 0.0122. The predicted molar refractivity (Wildman–Crippen MR) is 84.6 cm³/mol. The van der Waals surface area contributed by atoms with Gasteiger partial charge in [0.15, 0.2) is 11.5 Å². The number of hydrogen-bond acceptors (Lipinski definition) is 7. The Bertz CT molecular complexity index is 705. The van der Waals surface area contributed by atoms with Gasteiger partial charge in [-0.2, -0.15) is 0 Å². The third kappa shape index (κ3) is 3.50.